The average molecular weight is 217 g/mol. The van der Waals surface area contributed by atoms with Crippen LogP contribution in [-0.4, -0.2) is 25.7 Å². The molecule has 1 aromatic rings. The SMILES string of the molecule is COc1cc(Cl)c(OC)nc1CCN. The number of halogens is 1. The van der Waals surface area contributed by atoms with Crippen LogP contribution in [0.4, 0.5) is 0 Å². The Balaban J connectivity index is 3.11. The van der Waals surface area contributed by atoms with Gasteiger partial charge in [-0.2, -0.15) is 0 Å². The first kappa shape index (κ1) is 11.1. The van der Waals surface area contributed by atoms with Gasteiger partial charge in [0.15, 0.2) is 0 Å². The van der Waals surface area contributed by atoms with Crippen molar-refractivity contribution in [1.82, 2.24) is 4.98 Å². The van der Waals surface area contributed by atoms with Gasteiger partial charge < -0.3 is 15.2 Å². The molecule has 0 fully saturated rings. The van der Waals surface area contributed by atoms with Crippen molar-refractivity contribution in [2.24, 2.45) is 5.73 Å². The molecular formula is C9H13ClN2O2. The summed E-state index contributed by atoms with van der Waals surface area (Å²) in [6.07, 6.45) is 0.636. The highest BCUT2D eigenvalue weighted by Gasteiger charge is 2.10. The molecule has 0 radical (unpaired) electrons. The Morgan fingerprint density at radius 3 is 2.64 bits per heavy atom. The highest BCUT2D eigenvalue weighted by molar-refractivity contribution is 6.32. The second-order valence-electron chi connectivity index (χ2n) is 2.67. The Kier molecular flexibility index (Phi) is 3.98. The summed E-state index contributed by atoms with van der Waals surface area (Å²) in [6.45, 7) is 0.508. The van der Waals surface area contributed by atoms with Gasteiger partial charge in [-0.25, -0.2) is 4.98 Å². The van der Waals surface area contributed by atoms with Crippen molar-refractivity contribution in [2.45, 2.75) is 6.42 Å². The normalized spacial score (nSPS) is 10.0. The Morgan fingerprint density at radius 1 is 1.43 bits per heavy atom. The van der Waals surface area contributed by atoms with Gasteiger partial charge in [-0.1, -0.05) is 11.6 Å². The van der Waals surface area contributed by atoms with E-state index in [2.05, 4.69) is 4.98 Å². The fraction of sp³-hybridized carbons (Fsp3) is 0.444. The van der Waals surface area contributed by atoms with E-state index in [1.165, 1.54) is 7.11 Å². The Labute approximate surface area is 88.0 Å². The molecule has 2 N–H and O–H groups in total. The van der Waals surface area contributed by atoms with E-state index in [4.69, 9.17) is 26.8 Å². The fourth-order valence-corrected chi connectivity index (χ4v) is 1.35. The van der Waals surface area contributed by atoms with Crippen molar-refractivity contribution in [2.75, 3.05) is 20.8 Å². The molecule has 0 aliphatic carbocycles. The molecule has 0 amide bonds. The van der Waals surface area contributed by atoms with E-state index >= 15 is 0 Å². The third-order valence-electron chi connectivity index (χ3n) is 1.78. The molecule has 1 heterocycles. The quantitative estimate of drug-likeness (QED) is 0.823. The number of pyridine rings is 1. The maximum absolute atomic E-state index is 5.88. The zero-order valence-corrected chi connectivity index (χ0v) is 8.97. The van der Waals surface area contributed by atoms with Gasteiger partial charge >= 0.3 is 0 Å². The minimum Gasteiger partial charge on any atom is -0.495 e. The Hall–Kier alpha value is -1.00. The molecule has 0 aromatic carbocycles. The van der Waals surface area contributed by atoms with Gasteiger partial charge in [-0.15, -0.1) is 0 Å². The van der Waals surface area contributed by atoms with E-state index in [1.54, 1.807) is 13.2 Å². The van der Waals surface area contributed by atoms with Gasteiger partial charge in [0.1, 0.15) is 10.8 Å². The first-order chi connectivity index (χ1) is 6.72. The lowest BCUT2D eigenvalue weighted by molar-refractivity contribution is 0.382. The second-order valence-corrected chi connectivity index (χ2v) is 3.07. The summed E-state index contributed by atoms with van der Waals surface area (Å²) in [5.41, 5.74) is 6.20. The molecule has 0 saturated carbocycles. The topological polar surface area (TPSA) is 57.4 Å². The van der Waals surface area contributed by atoms with Crippen LogP contribution < -0.4 is 15.2 Å². The summed E-state index contributed by atoms with van der Waals surface area (Å²) in [4.78, 5) is 4.19. The maximum Gasteiger partial charge on any atom is 0.232 e. The van der Waals surface area contributed by atoms with Crippen molar-refractivity contribution in [3.05, 3.63) is 16.8 Å². The van der Waals surface area contributed by atoms with Crippen molar-refractivity contribution in [3.8, 4) is 11.6 Å². The summed E-state index contributed by atoms with van der Waals surface area (Å²) in [5, 5.41) is 0.435. The molecular weight excluding hydrogens is 204 g/mol. The van der Waals surface area contributed by atoms with E-state index < -0.39 is 0 Å². The number of hydrogen-bond donors (Lipinski definition) is 1. The number of rotatable bonds is 4. The molecule has 0 atom stereocenters. The van der Waals surface area contributed by atoms with Crippen LogP contribution in [0.3, 0.4) is 0 Å². The molecule has 0 spiro atoms. The van der Waals surface area contributed by atoms with Crippen molar-refractivity contribution in [1.29, 1.82) is 0 Å². The molecule has 78 valence electrons. The second kappa shape index (κ2) is 5.02. The summed E-state index contributed by atoms with van der Waals surface area (Å²) in [7, 11) is 3.09. The lowest BCUT2D eigenvalue weighted by Crippen LogP contribution is -2.07. The third kappa shape index (κ3) is 2.27. The van der Waals surface area contributed by atoms with Gasteiger partial charge in [0.2, 0.25) is 5.88 Å². The number of hydrogen-bond acceptors (Lipinski definition) is 4. The predicted octanol–water partition coefficient (Wildman–Crippen LogP) is 1.25. The zero-order valence-electron chi connectivity index (χ0n) is 8.21. The summed E-state index contributed by atoms with van der Waals surface area (Å²) >= 11 is 5.88. The maximum atomic E-state index is 5.88. The van der Waals surface area contributed by atoms with Crippen molar-refractivity contribution in [3.63, 3.8) is 0 Å². The van der Waals surface area contributed by atoms with Gasteiger partial charge in [0, 0.05) is 12.5 Å². The minimum atomic E-state index is 0.399. The standard InChI is InChI=1S/C9H13ClN2O2/c1-13-8-5-6(10)9(14-2)12-7(8)3-4-11/h5H,3-4,11H2,1-2H3. The number of ether oxygens (including phenoxy) is 2. The van der Waals surface area contributed by atoms with Crippen LogP contribution in [0.2, 0.25) is 5.02 Å². The van der Waals surface area contributed by atoms with Crippen LogP contribution in [0.5, 0.6) is 11.6 Å². The summed E-state index contributed by atoms with van der Waals surface area (Å²) in [5.74, 6) is 1.04. The summed E-state index contributed by atoms with van der Waals surface area (Å²) in [6, 6.07) is 1.68. The lowest BCUT2D eigenvalue weighted by atomic mass is 10.2. The van der Waals surface area contributed by atoms with Gasteiger partial charge in [0.05, 0.1) is 19.9 Å². The molecule has 14 heavy (non-hydrogen) atoms. The van der Waals surface area contributed by atoms with Gasteiger partial charge in [-0.05, 0) is 6.54 Å². The Morgan fingerprint density at radius 2 is 2.14 bits per heavy atom. The Bertz CT molecular complexity index is 318. The van der Waals surface area contributed by atoms with Crippen LogP contribution in [0.25, 0.3) is 0 Å². The molecule has 0 bridgehead atoms. The summed E-state index contributed by atoms with van der Waals surface area (Å²) < 4.78 is 10.1. The van der Waals surface area contributed by atoms with Crippen LogP contribution in [-0.2, 0) is 6.42 Å². The number of nitrogens with two attached hydrogens (primary N) is 1. The highest BCUT2D eigenvalue weighted by atomic mass is 35.5. The molecule has 1 aromatic heterocycles. The first-order valence-corrected chi connectivity index (χ1v) is 4.58. The fourth-order valence-electron chi connectivity index (χ4n) is 1.13. The van der Waals surface area contributed by atoms with Crippen LogP contribution in [0.15, 0.2) is 6.07 Å². The van der Waals surface area contributed by atoms with Crippen LogP contribution in [0, 0.1) is 0 Å². The smallest absolute Gasteiger partial charge is 0.232 e. The van der Waals surface area contributed by atoms with E-state index in [0.29, 0.717) is 29.6 Å². The molecule has 0 saturated heterocycles. The number of nitrogens with zero attached hydrogens (tertiary/aromatic N) is 1. The van der Waals surface area contributed by atoms with E-state index in [9.17, 15) is 0 Å². The third-order valence-corrected chi connectivity index (χ3v) is 2.05. The zero-order chi connectivity index (χ0) is 10.6. The van der Waals surface area contributed by atoms with Crippen molar-refractivity contribution < 1.29 is 9.47 Å². The minimum absolute atomic E-state index is 0.399. The highest BCUT2D eigenvalue weighted by Crippen LogP contribution is 2.29. The lowest BCUT2D eigenvalue weighted by Gasteiger charge is -2.09. The van der Waals surface area contributed by atoms with Crippen LogP contribution >= 0.6 is 11.6 Å². The molecule has 1 rings (SSSR count). The van der Waals surface area contributed by atoms with Crippen LogP contribution in [0.1, 0.15) is 5.69 Å². The molecule has 0 aliphatic heterocycles. The van der Waals surface area contributed by atoms with E-state index in [-0.39, 0.29) is 0 Å². The van der Waals surface area contributed by atoms with E-state index in [0.717, 1.165) is 5.69 Å². The molecule has 4 nitrogen and oxygen atoms in total. The molecule has 0 aliphatic rings. The van der Waals surface area contributed by atoms with Gasteiger partial charge in [-0.3, -0.25) is 0 Å². The predicted molar refractivity (Wildman–Crippen MR) is 55.1 cm³/mol. The number of aromatic nitrogens is 1. The first-order valence-electron chi connectivity index (χ1n) is 4.20. The molecule has 5 heteroatoms. The van der Waals surface area contributed by atoms with Gasteiger partial charge in [0.25, 0.3) is 0 Å². The molecule has 0 unspecified atom stereocenters. The van der Waals surface area contributed by atoms with E-state index in [1.807, 2.05) is 0 Å². The largest absolute Gasteiger partial charge is 0.495 e. The average Bonchev–Trinajstić information content (AvgIpc) is 2.20. The monoisotopic (exact) mass is 216 g/mol. The number of methoxy groups -OCH3 is 2. The van der Waals surface area contributed by atoms with Crippen molar-refractivity contribution >= 4 is 11.6 Å².